The van der Waals surface area contributed by atoms with E-state index in [1.54, 1.807) is 25.1 Å². The molecule has 0 radical (unpaired) electrons. The summed E-state index contributed by atoms with van der Waals surface area (Å²) in [6.07, 6.45) is 0. The van der Waals surface area contributed by atoms with E-state index in [4.69, 9.17) is 14.4 Å². The Bertz CT molecular complexity index is 579. The van der Waals surface area contributed by atoms with Crippen LogP contribution in [-0.4, -0.2) is 16.2 Å². The van der Waals surface area contributed by atoms with E-state index < -0.39 is 5.97 Å². The van der Waals surface area contributed by atoms with Crippen LogP contribution >= 0.6 is 15.9 Å². The van der Waals surface area contributed by atoms with Gasteiger partial charge in [-0.3, -0.25) is 0 Å². The number of aromatic nitrogens is 1. The fraction of sp³-hybridized carbons (Fsp3) is 0.167. The Morgan fingerprint density at radius 3 is 2.89 bits per heavy atom. The third-order valence-electron chi connectivity index (χ3n) is 2.23. The zero-order valence-electron chi connectivity index (χ0n) is 9.51. The van der Waals surface area contributed by atoms with Gasteiger partial charge in [0.05, 0.1) is 0 Å². The van der Waals surface area contributed by atoms with Gasteiger partial charge in [0, 0.05) is 10.5 Å². The van der Waals surface area contributed by atoms with Gasteiger partial charge in [0.1, 0.15) is 29.4 Å². The number of aromatic carboxylic acids is 1. The lowest BCUT2D eigenvalue weighted by molar-refractivity contribution is 0.0691. The van der Waals surface area contributed by atoms with Crippen molar-refractivity contribution in [3.05, 3.63) is 45.8 Å². The molecule has 0 saturated carbocycles. The van der Waals surface area contributed by atoms with E-state index in [1.807, 2.05) is 0 Å². The van der Waals surface area contributed by atoms with Gasteiger partial charge in [-0.25, -0.2) is 4.79 Å². The van der Waals surface area contributed by atoms with Crippen LogP contribution in [0.2, 0.25) is 0 Å². The zero-order chi connectivity index (χ0) is 13.1. The number of benzene rings is 1. The largest absolute Gasteiger partial charge is 0.486 e. The van der Waals surface area contributed by atoms with Crippen molar-refractivity contribution in [1.29, 1.82) is 0 Å². The van der Waals surface area contributed by atoms with Crippen molar-refractivity contribution in [1.82, 2.24) is 5.16 Å². The third kappa shape index (κ3) is 2.89. The number of rotatable bonds is 4. The Kier molecular flexibility index (Phi) is 3.66. The maximum Gasteiger partial charge on any atom is 0.339 e. The van der Waals surface area contributed by atoms with Crippen LogP contribution < -0.4 is 4.74 Å². The van der Waals surface area contributed by atoms with Crippen molar-refractivity contribution in [3.8, 4) is 5.75 Å². The van der Waals surface area contributed by atoms with Crippen LogP contribution in [0.3, 0.4) is 0 Å². The van der Waals surface area contributed by atoms with Crippen molar-refractivity contribution in [2.45, 2.75) is 13.5 Å². The highest BCUT2D eigenvalue weighted by atomic mass is 79.9. The number of nitrogens with zero attached hydrogens (tertiary/aromatic N) is 1. The van der Waals surface area contributed by atoms with E-state index in [1.165, 1.54) is 6.07 Å². The molecule has 0 aliphatic carbocycles. The average Bonchev–Trinajstić information content (AvgIpc) is 2.72. The molecule has 0 fully saturated rings. The average molecular weight is 312 g/mol. The Balaban J connectivity index is 2.17. The molecule has 18 heavy (non-hydrogen) atoms. The molecule has 0 unspecified atom stereocenters. The number of hydrogen-bond donors (Lipinski definition) is 1. The van der Waals surface area contributed by atoms with E-state index in [0.717, 1.165) is 4.47 Å². The van der Waals surface area contributed by atoms with Crippen molar-refractivity contribution < 1.29 is 19.2 Å². The summed E-state index contributed by atoms with van der Waals surface area (Å²) in [5, 5.41) is 12.8. The van der Waals surface area contributed by atoms with Crippen LogP contribution in [-0.2, 0) is 6.61 Å². The normalized spacial score (nSPS) is 10.3. The van der Waals surface area contributed by atoms with Crippen LogP contribution in [0.1, 0.15) is 21.8 Å². The van der Waals surface area contributed by atoms with Gasteiger partial charge < -0.3 is 14.4 Å². The van der Waals surface area contributed by atoms with Gasteiger partial charge in [0.2, 0.25) is 0 Å². The van der Waals surface area contributed by atoms with Crippen LogP contribution in [0.25, 0.3) is 0 Å². The SMILES string of the molecule is Cc1cc(COc2cc(Br)ccc2C(=O)O)no1. The summed E-state index contributed by atoms with van der Waals surface area (Å²) in [7, 11) is 0. The predicted octanol–water partition coefficient (Wildman–Crippen LogP) is 3.02. The number of halogens is 1. The van der Waals surface area contributed by atoms with Gasteiger partial charge in [0.15, 0.2) is 0 Å². The van der Waals surface area contributed by atoms with Gasteiger partial charge in [-0.1, -0.05) is 21.1 Å². The lowest BCUT2D eigenvalue weighted by Crippen LogP contribution is -2.03. The van der Waals surface area contributed by atoms with E-state index in [0.29, 0.717) is 11.5 Å². The molecule has 1 aromatic carbocycles. The molecule has 6 heteroatoms. The Morgan fingerprint density at radius 2 is 2.28 bits per heavy atom. The van der Waals surface area contributed by atoms with E-state index in [9.17, 15) is 4.79 Å². The molecule has 1 aromatic heterocycles. The van der Waals surface area contributed by atoms with Gasteiger partial charge in [-0.2, -0.15) is 0 Å². The molecule has 2 rings (SSSR count). The molecule has 0 aliphatic heterocycles. The summed E-state index contributed by atoms with van der Waals surface area (Å²) in [5.74, 6) is -0.0624. The lowest BCUT2D eigenvalue weighted by atomic mass is 10.2. The molecule has 94 valence electrons. The molecular formula is C12H10BrNO4. The van der Waals surface area contributed by atoms with Gasteiger partial charge in [-0.05, 0) is 25.1 Å². The number of carbonyl (C=O) groups is 1. The van der Waals surface area contributed by atoms with E-state index in [2.05, 4.69) is 21.1 Å². The van der Waals surface area contributed by atoms with E-state index >= 15 is 0 Å². The highest BCUT2D eigenvalue weighted by Crippen LogP contribution is 2.24. The second-order valence-electron chi connectivity index (χ2n) is 3.66. The third-order valence-corrected chi connectivity index (χ3v) is 2.72. The lowest BCUT2D eigenvalue weighted by Gasteiger charge is -2.07. The van der Waals surface area contributed by atoms with Crippen molar-refractivity contribution >= 4 is 21.9 Å². The molecular weight excluding hydrogens is 302 g/mol. The molecule has 1 N–H and O–H groups in total. The molecule has 0 bridgehead atoms. The topological polar surface area (TPSA) is 72.6 Å². The molecule has 2 aromatic rings. The maximum atomic E-state index is 11.0. The first-order valence-corrected chi connectivity index (χ1v) is 5.93. The summed E-state index contributed by atoms with van der Waals surface area (Å²) < 4.78 is 11.1. The smallest absolute Gasteiger partial charge is 0.339 e. The number of carboxylic acids is 1. The van der Waals surface area contributed by atoms with Gasteiger partial charge in [0.25, 0.3) is 0 Å². The molecule has 0 saturated heterocycles. The minimum Gasteiger partial charge on any atom is -0.486 e. The summed E-state index contributed by atoms with van der Waals surface area (Å²) in [6, 6.07) is 6.47. The highest BCUT2D eigenvalue weighted by Gasteiger charge is 2.12. The highest BCUT2D eigenvalue weighted by molar-refractivity contribution is 9.10. The Hall–Kier alpha value is -1.82. The number of hydrogen-bond acceptors (Lipinski definition) is 4. The fourth-order valence-corrected chi connectivity index (χ4v) is 1.77. The molecule has 0 spiro atoms. The van der Waals surface area contributed by atoms with Crippen LogP contribution in [0.5, 0.6) is 5.75 Å². The summed E-state index contributed by atoms with van der Waals surface area (Å²) in [4.78, 5) is 11.0. The summed E-state index contributed by atoms with van der Waals surface area (Å²) in [5.41, 5.74) is 0.724. The summed E-state index contributed by atoms with van der Waals surface area (Å²) in [6.45, 7) is 1.94. The molecule has 0 aliphatic rings. The number of ether oxygens (including phenoxy) is 1. The van der Waals surface area contributed by atoms with Crippen molar-refractivity contribution in [2.24, 2.45) is 0 Å². The monoisotopic (exact) mass is 311 g/mol. The second-order valence-corrected chi connectivity index (χ2v) is 4.58. The molecule has 0 atom stereocenters. The van der Waals surface area contributed by atoms with Gasteiger partial charge >= 0.3 is 5.97 Å². The number of carboxylic acid groups (broad SMARTS) is 1. The van der Waals surface area contributed by atoms with Crippen LogP contribution in [0, 0.1) is 6.92 Å². The Morgan fingerprint density at radius 1 is 1.50 bits per heavy atom. The molecule has 5 nitrogen and oxygen atoms in total. The quantitative estimate of drug-likeness (QED) is 0.939. The van der Waals surface area contributed by atoms with E-state index in [-0.39, 0.29) is 17.9 Å². The fourth-order valence-electron chi connectivity index (χ4n) is 1.43. The molecule has 1 heterocycles. The second kappa shape index (κ2) is 5.22. The Labute approximate surface area is 111 Å². The summed E-state index contributed by atoms with van der Waals surface area (Å²) >= 11 is 3.27. The first-order chi connectivity index (χ1) is 8.56. The van der Waals surface area contributed by atoms with Gasteiger partial charge in [-0.15, -0.1) is 0 Å². The first-order valence-electron chi connectivity index (χ1n) is 5.14. The molecule has 0 amide bonds. The number of aryl methyl sites for hydroxylation is 1. The van der Waals surface area contributed by atoms with Crippen LogP contribution in [0.15, 0.2) is 33.3 Å². The van der Waals surface area contributed by atoms with Crippen molar-refractivity contribution in [3.63, 3.8) is 0 Å². The zero-order valence-corrected chi connectivity index (χ0v) is 11.1. The standard InChI is InChI=1S/C12H10BrNO4/c1-7-4-9(14-18-7)6-17-11-5-8(13)2-3-10(11)12(15)16/h2-5H,6H2,1H3,(H,15,16). The first kappa shape index (κ1) is 12.6. The minimum atomic E-state index is -1.03. The predicted molar refractivity (Wildman–Crippen MR) is 66.7 cm³/mol. The van der Waals surface area contributed by atoms with Crippen molar-refractivity contribution in [2.75, 3.05) is 0 Å². The maximum absolute atomic E-state index is 11.0. The minimum absolute atomic E-state index is 0.110. The van der Waals surface area contributed by atoms with Crippen LogP contribution in [0.4, 0.5) is 0 Å².